The largest absolute Gasteiger partial charge is 0.340 e. The number of piperazine rings is 1. The molecule has 0 saturated carbocycles. The van der Waals surface area contributed by atoms with E-state index in [2.05, 4.69) is 40.5 Å². The van der Waals surface area contributed by atoms with Crippen LogP contribution in [0.3, 0.4) is 0 Å². The lowest BCUT2D eigenvalue weighted by atomic mass is 9.96. The molecule has 1 aromatic heterocycles. The topological polar surface area (TPSA) is 23.6 Å². The molecule has 118 valence electrons. The van der Waals surface area contributed by atoms with Crippen LogP contribution in [0, 0.1) is 5.92 Å². The summed E-state index contributed by atoms with van der Waals surface area (Å²) in [5.74, 6) is 0.650. The van der Waals surface area contributed by atoms with Crippen molar-refractivity contribution in [2.24, 2.45) is 5.92 Å². The third-order valence-electron chi connectivity index (χ3n) is 4.29. The van der Waals surface area contributed by atoms with E-state index in [1.165, 1.54) is 5.56 Å². The van der Waals surface area contributed by atoms with Gasteiger partial charge in [-0.2, -0.15) is 11.3 Å². The summed E-state index contributed by atoms with van der Waals surface area (Å²) in [6, 6.07) is 2.20. The van der Waals surface area contributed by atoms with Crippen LogP contribution in [0.15, 0.2) is 16.8 Å². The van der Waals surface area contributed by atoms with Gasteiger partial charge in [0.15, 0.2) is 0 Å². The monoisotopic (exact) mass is 308 g/mol. The zero-order valence-electron chi connectivity index (χ0n) is 13.4. The molecule has 0 unspecified atom stereocenters. The Morgan fingerprint density at radius 1 is 1.19 bits per heavy atom. The number of amides is 1. The van der Waals surface area contributed by atoms with Gasteiger partial charge in [0.1, 0.15) is 0 Å². The van der Waals surface area contributed by atoms with Crippen LogP contribution in [-0.2, 0) is 11.3 Å². The molecule has 0 aromatic carbocycles. The van der Waals surface area contributed by atoms with Crippen LogP contribution < -0.4 is 0 Å². The second kappa shape index (κ2) is 8.54. The lowest BCUT2D eigenvalue weighted by molar-refractivity contribution is -0.137. The fourth-order valence-corrected chi connectivity index (χ4v) is 3.77. The Morgan fingerprint density at radius 2 is 1.86 bits per heavy atom. The molecular weight excluding hydrogens is 280 g/mol. The maximum atomic E-state index is 12.6. The first-order valence-corrected chi connectivity index (χ1v) is 9.21. The van der Waals surface area contributed by atoms with Crippen LogP contribution in [-0.4, -0.2) is 41.9 Å². The van der Waals surface area contributed by atoms with Crippen molar-refractivity contribution in [1.82, 2.24) is 9.80 Å². The Morgan fingerprint density at radius 3 is 2.38 bits per heavy atom. The first kappa shape index (κ1) is 16.5. The zero-order valence-corrected chi connectivity index (χ0v) is 14.2. The van der Waals surface area contributed by atoms with Gasteiger partial charge in [-0.3, -0.25) is 9.69 Å². The summed E-state index contributed by atoms with van der Waals surface area (Å²) in [6.45, 7) is 9.18. The van der Waals surface area contributed by atoms with Gasteiger partial charge in [-0.05, 0) is 35.2 Å². The van der Waals surface area contributed by atoms with E-state index in [0.717, 1.165) is 58.4 Å². The van der Waals surface area contributed by atoms with Crippen molar-refractivity contribution in [3.05, 3.63) is 22.4 Å². The molecule has 2 heterocycles. The van der Waals surface area contributed by atoms with Gasteiger partial charge in [0, 0.05) is 38.6 Å². The number of nitrogens with zero attached hydrogens (tertiary/aromatic N) is 2. The lowest BCUT2D eigenvalue weighted by Gasteiger charge is -2.36. The summed E-state index contributed by atoms with van der Waals surface area (Å²) >= 11 is 1.76. The van der Waals surface area contributed by atoms with E-state index in [1.54, 1.807) is 11.3 Å². The quantitative estimate of drug-likeness (QED) is 0.768. The van der Waals surface area contributed by atoms with E-state index in [-0.39, 0.29) is 5.92 Å². The molecule has 2 rings (SSSR count). The van der Waals surface area contributed by atoms with Gasteiger partial charge in [0.05, 0.1) is 0 Å². The summed E-state index contributed by atoms with van der Waals surface area (Å²) in [5.41, 5.74) is 1.40. The molecule has 0 radical (unpaired) electrons. The smallest absolute Gasteiger partial charge is 0.225 e. The zero-order chi connectivity index (χ0) is 15.1. The van der Waals surface area contributed by atoms with Crippen molar-refractivity contribution >= 4 is 17.2 Å². The molecule has 1 fully saturated rings. The highest BCUT2D eigenvalue weighted by molar-refractivity contribution is 7.07. The van der Waals surface area contributed by atoms with Gasteiger partial charge < -0.3 is 4.90 Å². The molecule has 3 nitrogen and oxygen atoms in total. The molecule has 1 saturated heterocycles. The molecule has 0 atom stereocenters. The van der Waals surface area contributed by atoms with Crippen LogP contribution in [0.2, 0.25) is 0 Å². The molecule has 1 amide bonds. The fourth-order valence-electron chi connectivity index (χ4n) is 3.11. The van der Waals surface area contributed by atoms with E-state index in [0.29, 0.717) is 5.91 Å². The number of rotatable bonds is 7. The lowest BCUT2D eigenvalue weighted by Crippen LogP contribution is -2.50. The van der Waals surface area contributed by atoms with Crippen molar-refractivity contribution in [3.63, 3.8) is 0 Å². The van der Waals surface area contributed by atoms with E-state index < -0.39 is 0 Å². The minimum Gasteiger partial charge on any atom is -0.340 e. The molecule has 4 heteroatoms. The van der Waals surface area contributed by atoms with Crippen LogP contribution in [0.1, 0.15) is 45.1 Å². The molecule has 1 aliphatic heterocycles. The molecule has 0 bridgehead atoms. The van der Waals surface area contributed by atoms with Crippen molar-refractivity contribution in [2.75, 3.05) is 26.2 Å². The normalized spacial score (nSPS) is 16.6. The number of hydrogen-bond acceptors (Lipinski definition) is 3. The first-order valence-electron chi connectivity index (χ1n) is 8.26. The fraction of sp³-hybridized carbons (Fsp3) is 0.706. The number of carbonyl (C=O) groups is 1. The predicted octanol–water partition coefficient (Wildman–Crippen LogP) is 3.61. The first-order chi connectivity index (χ1) is 10.2. The van der Waals surface area contributed by atoms with Crippen LogP contribution in [0.25, 0.3) is 0 Å². The predicted molar refractivity (Wildman–Crippen MR) is 89.5 cm³/mol. The standard InChI is InChI=1S/C17H28N2OS/c1-3-5-16(6-4-2)17(20)19-10-8-18(9-11-19)13-15-7-12-21-14-15/h7,12,14,16H,3-6,8-11,13H2,1-2H3. The number of thiophene rings is 1. The minimum absolute atomic E-state index is 0.253. The molecule has 1 aliphatic rings. The van der Waals surface area contributed by atoms with E-state index in [4.69, 9.17) is 0 Å². The molecule has 21 heavy (non-hydrogen) atoms. The Balaban J connectivity index is 1.80. The van der Waals surface area contributed by atoms with E-state index in [9.17, 15) is 4.79 Å². The summed E-state index contributed by atoms with van der Waals surface area (Å²) in [4.78, 5) is 17.2. The highest BCUT2D eigenvalue weighted by Crippen LogP contribution is 2.19. The molecular formula is C17H28N2OS. The van der Waals surface area contributed by atoms with Crippen molar-refractivity contribution in [3.8, 4) is 0 Å². The molecule has 1 aromatic rings. The highest BCUT2D eigenvalue weighted by Gasteiger charge is 2.26. The third-order valence-corrected chi connectivity index (χ3v) is 5.03. The Hall–Kier alpha value is -0.870. The average molecular weight is 308 g/mol. The molecule has 0 aliphatic carbocycles. The van der Waals surface area contributed by atoms with Gasteiger partial charge in [-0.1, -0.05) is 26.7 Å². The van der Waals surface area contributed by atoms with Gasteiger partial charge in [-0.25, -0.2) is 0 Å². The summed E-state index contributed by atoms with van der Waals surface area (Å²) in [7, 11) is 0. The number of hydrogen-bond donors (Lipinski definition) is 0. The summed E-state index contributed by atoms with van der Waals surface area (Å²) in [5, 5.41) is 4.35. The van der Waals surface area contributed by atoms with Gasteiger partial charge in [-0.15, -0.1) is 0 Å². The van der Waals surface area contributed by atoms with Crippen molar-refractivity contribution in [2.45, 2.75) is 46.1 Å². The second-order valence-corrected chi connectivity index (χ2v) is 6.79. The average Bonchev–Trinajstić information content (AvgIpc) is 3.00. The van der Waals surface area contributed by atoms with Crippen LogP contribution in [0.5, 0.6) is 0 Å². The highest BCUT2D eigenvalue weighted by atomic mass is 32.1. The third kappa shape index (κ3) is 4.82. The van der Waals surface area contributed by atoms with Crippen molar-refractivity contribution < 1.29 is 4.79 Å². The van der Waals surface area contributed by atoms with Crippen molar-refractivity contribution in [1.29, 1.82) is 0 Å². The maximum absolute atomic E-state index is 12.6. The van der Waals surface area contributed by atoms with Crippen LogP contribution in [0.4, 0.5) is 0 Å². The maximum Gasteiger partial charge on any atom is 0.225 e. The van der Waals surface area contributed by atoms with Crippen LogP contribution >= 0.6 is 11.3 Å². The molecule has 0 N–H and O–H groups in total. The van der Waals surface area contributed by atoms with E-state index >= 15 is 0 Å². The SMILES string of the molecule is CCCC(CCC)C(=O)N1CCN(Cc2ccsc2)CC1. The summed E-state index contributed by atoms with van der Waals surface area (Å²) < 4.78 is 0. The van der Waals surface area contributed by atoms with Gasteiger partial charge in [0.2, 0.25) is 5.91 Å². The summed E-state index contributed by atoms with van der Waals surface area (Å²) in [6.07, 6.45) is 4.30. The van der Waals surface area contributed by atoms with E-state index in [1.807, 2.05) is 0 Å². The Kier molecular flexibility index (Phi) is 6.71. The number of carbonyl (C=O) groups excluding carboxylic acids is 1. The Bertz CT molecular complexity index is 404. The minimum atomic E-state index is 0.253. The van der Waals surface area contributed by atoms with Gasteiger partial charge in [0.25, 0.3) is 0 Å². The van der Waals surface area contributed by atoms with Gasteiger partial charge >= 0.3 is 0 Å². The second-order valence-electron chi connectivity index (χ2n) is 6.01. The Labute approximate surface area is 132 Å². The molecule has 0 spiro atoms.